The first-order chi connectivity index (χ1) is 28.7. The molecule has 1 aromatic rings. The number of hydrogen-bond acceptors (Lipinski definition) is 10. The summed E-state index contributed by atoms with van der Waals surface area (Å²) >= 11 is 0. The maximum atomic E-state index is 14.3. The van der Waals surface area contributed by atoms with Gasteiger partial charge < -0.3 is 37.3 Å². The molecule has 13 heteroatoms. The van der Waals surface area contributed by atoms with Crippen LogP contribution in [0.2, 0.25) is 36.3 Å². The molecule has 62 heavy (non-hydrogen) atoms. The molecule has 0 amide bonds. The van der Waals surface area contributed by atoms with Crippen LogP contribution < -0.4 is 0 Å². The summed E-state index contributed by atoms with van der Waals surface area (Å²) in [7, 11) is -3.08. The summed E-state index contributed by atoms with van der Waals surface area (Å²) < 4.78 is 80.3. The van der Waals surface area contributed by atoms with Gasteiger partial charge in [0.2, 0.25) is 0 Å². The molecule has 0 aliphatic carbocycles. The van der Waals surface area contributed by atoms with Gasteiger partial charge in [0.25, 0.3) is 0 Å². The Kier molecular flexibility index (Phi) is 19.0. The number of benzene rings is 1. The quantitative estimate of drug-likeness (QED) is 0.0634. The second-order valence-electron chi connectivity index (χ2n) is 21.5. The lowest BCUT2D eigenvalue weighted by Gasteiger charge is -2.42. The van der Waals surface area contributed by atoms with E-state index in [9.17, 15) is 8.42 Å². The van der Waals surface area contributed by atoms with Gasteiger partial charge in [-0.2, -0.15) is 0 Å². The molecule has 0 N–H and O–H groups in total. The van der Waals surface area contributed by atoms with Gasteiger partial charge in [0.05, 0.1) is 66.1 Å². The van der Waals surface area contributed by atoms with Gasteiger partial charge in [-0.05, 0) is 110 Å². The van der Waals surface area contributed by atoms with E-state index in [1.54, 1.807) is 33.5 Å². The van der Waals surface area contributed by atoms with Crippen molar-refractivity contribution < 1.29 is 45.7 Å². The highest BCUT2D eigenvalue weighted by atomic mass is 32.2. The summed E-state index contributed by atoms with van der Waals surface area (Å²) in [4.78, 5) is 0.316. The molecule has 10 nitrogen and oxygen atoms in total. The van der Waals surface area contributed by atoms with Crippen LogP contribution in [0, 0.1) is 11.8 Å². The molecule has 3 fully saturated rings. The Morgan fingerprint density at radius 1 is 0.823 bits per heavy atom. The Hall–Kier alpha value is -1.24. The topological polar surface area (TPSA) is 108 Å². The molecule has 1 unspecified atom stereocenters. The third kappa shape index (κ3) is 13.9. The van der Waals surface area contributed by atoms with E-state index in [-0.39, 0.29) is 58.6 Å². The monoisotopic (exact) mass is 923 g/mol. The Morgan fingerprint density at radius 2 is 1.44 bits per heavy atom. The van der Waals surface area contributed by atoms with Crippen LogP contribution in [0.3, 0.4) is 0 Å². The van der Waals surface area contributed by atoms with Crippen molar-refractivity contribution in [3.8, 4) is 0 Å². The van der Waals surface area contributed by atoms with Crippen molar-refractivity contribution >= 4 is 26.5 Å². The summed E-state index contributed by atoms with van der Waals surface area (Å²) in [6.07, 6.45) is 4.69. The van der Waals surface area contributed by atoms with Crippen molar-refractivity contribution in [1.29, 1.82) is 0 Å². The van der Waals surface area contributed by atoms with Crippen LogP contribution in [0.4, 0.5) is 0 Å². The highest BCUT2D eigenvalue weighted by molar-refractivity contribution is 7.91. The molecular weight excluding hydrogens is 837 g/mol. The van der Waals surface area contributed by atoms with E-state index in [4.69, 9.17) is 37.3 Å². The SMILES string of the molecule is C=C1C[C@H](CCC(OC)OC)O[C@H]1CC[C@H]1C[C@H](C)C(=C)[C@@H](C[C@@H]2O[C@H](CC(CO[Si](C)(C)C(C)(C)C)O[Si](C)(C)C(C)(C)C)[C@H](OC)[C@H]2CS(=O)(=O)c2ccc(CC)cc2)O1. The van der Waals surface area contributed by atoms with E-state index < -0.39 is 50.7 Å². The summed E-state index contributed by atoms with van der Waals surface area (Å²) in [6, 6.07) is 7.28. The zero-order valence-corrected chi connectivity index (χ0v) is 44.2. The summed E-state index contributed by atoms with van der Waals surface area (Å²) in [5.74, 6) is -0.336. The molecule has 4 rings (SSSR count). The van der Waals surface area contributed by atoms with Crippen molar-refractivity contribution in [3.05, 3.63) is 54.1 Å². The molecule has 3 aliphatic heterocycles. The average molecular weight is 923 g/mol. The molecule has 0 radical (unpaired) electrons. The Labute approximate surface area is 379 Å². The maximum absolute atomic E-state index is 14.3. The molecule has 0 aromatic heterocycles. The first-order valence-corrected chi connectivity index (χ1v) is 30.8. The minimum atomic E-state index is -3.71. The highest BCUT2D eigenvalue weighted by Gasteiger charge is 2.50. The zero-order valence-electron chi connectivity index (χ0n) is 41.3. The first-order valence-electron chi connectivity index (χ1n) is 23.3. The number of ether oxygens (including phenoxy) is 6. The number of aryl methyl sites for hydroxylation is 1. The normalized spacial score (nSPS) is 28.6. The van der Waals surface area contributed by atoms with E-state index in [0.29, 0.717) is 24.3 Å². The molecule has 10 atom stereocenters. The van der Waals surface area contributed by atoms with Crippen LogP contribution >= 0.6 is 0 Å². The fourth-order valence-corrected chi connectivity index (χ4v) is 12.8. The lowest BCUT2D eigenvalue weighted by molar-refractivity contribution is -0.112. The van der Waals surface area contributed by atoms with Crippen LogP contribution in [-0.2, 0) is 53.5 Å². The summed E-state index contributed by atoms with van der Waals surface area (Å²) in [5.41, 5.74) is 3.24. The molecule has 0 spiro atoms. The summed E-state index contributed by atoms with van der Waals surface area (Å²) in [5, 5.41) is 0.0119. The van der Waals surface area contributed by atoms with E-state index in [0.717, 1.165) is 61.7 Å². The molecule has 0 bridgehead atoms. The lowest BCUT2D eigenvalue weighted by Crippen LogP contribution is -2.49. The van der Waals surface area contributed by atoms with Crippen LogP contribution in [0.15, 0.2) is 53.5 Å². The average Bonchev–Trinajstić information content (AvgIpc) is 3.70. The van der Waals surface area contributed by atoms with Crippen molar-refractivity contribution in [2.75, 3.05) is 33.7 Å². The maximum Gasteiger partial charge on any atom is 0.192 e. The van der Waals surface area contributed by atoms with Crippen LogP contribution in [-0.4, -0.2) is 114 Å². The van der Waals surface area contributed by atoms with Crippen LogP contribution in [0.5, 0.6) is 0 Å². The minimum Gasteiger partial charge on any atom is -0.414 e. The molecule has 3 aliphatic rings. The van der Waals surface area contributed by atoms with Gasteiger partial charge in [-0.3, -0.25) is 0 Å². The number of methoxy groups -OCH3 is 3. The number of sulfone groups is 1. The van der Waals surface area contributed by atoms with Gasteiger partial charge in [0, 0.05) is 46.5 Å². The second kappa shape index (κ2) is 22.0. The van der Waals surface area contributed by atoms with Gasteiger partial charge in [0.1, 0.15) is 0 Å². The Morgan fingerprint density at radius 3 is 2.00 bits per heavy atom. The third-order valence-corrected chi connectivity index (χ3v) is 25.8. The molecule has 1 aromatic carbocycles. The molecule has 3 heterocycles. The minimum absolute atomic E-state index is 0.00754. The fraction of sp³-hybridized carbons (Fsp3) is 0.796. The highest BCUT2D eigenvalue weighted by Crippen LogP contribution is 2.44. The van der Waals surface area contributed by atoms with E-state index in [1.807, 2.05) is 12.1 Å². The van der Waals surface area contributed by atoms with Crippen LogP contribution in [0.25, 0.3) is 0 Å². The van der Waals surface area contributed by atoms with Gasteiger partial charge >= 0.3 is 0 Å². The van der Waals surface area contributed by atoms with Crippen molar-refractivity contribution in [2.24, 2.45) is 11.8 Å². The fourth-order valence-electron chi connectivity index (χ4n) is 8.72. The molecule has 356 valence electrons. The van der Waals surface area contributed by atoms with Gasteiger partial charge in [-0.15, -0.1) is 0 Å². The number of rotatable bonds is 22. The van der Waals surface area contributed by atoms with E-state index in [2.05, 4.69) is 94.7 Å². The molecular formula is C49H86O10SSi2. The summed E-state index contributed by atoms with van der Waals surface area (Å²) in [6.45, 7) is 36.2. The van der Waals surface area contributed by atoms with Gasteiger partial charge in [-0.1, -0.05) is 80.7 Å². The van der Waals surface area contributed by atoms with Crippen molar-refractivity contribution in [3.63, 3.8) is 0 Å². The third-order valence-electron chi connectivity index (χ3n) is 15.0. The lowest BCUT2D eigenvalue weighted by atomic mass is 9.83. The molecule has 3 saturated heterocycles. The smallest absolute Gasteiger partial charge is 0.192 e. The zero-order chi connectivity index (χ0) is 46.4. The van der Waals surface area contributed by atoms with Gasteiger partial charge in [-0.25, -0.2) is 8.42 Å². The number of hydrogen-bond donors (Lipinski definition) is 0. The van der Waals surface area contributed by atoms with Crippen molar-refractivity contribution in [2.45, 2.75) is 209 Å². The second-order valence-corrected chi connectivity index (χ2v) is 33.1. The largest absolute Gasteiger partial charge is 0.414 e. The van der Waals surface area contributed by atoms with Crippen LogP contribution in [0.1, 0.15) is 112 Å². The van der Waals surface area contributed by atoms with E-state index in [1.165, 1.54) is 0 Å². The Bertz CT molecular complexity index is 1700. The van der Waals surface area contributed by atoms with Crippen molar-refractivity contribution in [1.82, 2.24) is 0 Å². The predicted molar refractivity (Wildman–Crippen MR) is 256 cm³/mol. The van der Waals surface area contributed by atoms with Gasteiger partial charge in [0.15, 0.2) is 32.8 Å². The Balaban J connectivity index is 1.59. The molecule has 0 saturated carbocycles. The first kappa shape index (κ1) is 53.4. The predicted octanol–water partition coefficient (Wildman–Crippen LogP) is 10.9. The van der Waals surface area contributed by atoms with E-state index >= 15 is 0 Å². The standard InChI is InChI=1S/C49H86O10SSi2/c1-18-36-19-23-40(24-20-36)60(50,51)32-41-44(58-45(47(41)54-13)29-39(59-62(16,17)49(8,9)10)31-55-61(14,15)48(5,6)7)30-43-35(4)33(2)27-37(57-43)21-25-42-34(3)28-38(56-42)22-26-46(52-11)53-12/h19-20,23-24,33,37-39,41-47H,3-4,18,21-22,25-32H2,1-2,5-17H3/t33-,37-,38-,39?,41-,42-,43+,44-,45+,47+/m0/s1.